The average Bonchev–Trinajstić information content (AvgIpc) is 2.99. The summed E-state index contributed by atoms with van der Waals surface area (Å²) in [5, 5.41) is 62.6. The van der Waals surface area contributed by atoms with Crippen LogP contribution in [0.2, 0.25) is 0 Å². The minimum absolute atomic E-state index is 0.00749. The minimum Gasteiger partial charge on any atom is -0.432 e. The normalized spacial score (nSPS) is 54.0. The number of hydrogen-bond acceptors (Lipinski definition) is 9. The lowest BCUT2D eigenvalue weighted by atomic mass is 9.33. The zero-order chi connectivity index (χ0) is 33.0. The molecular weight excluding hydrogens is 576 g/mol. The molecule has 4 saturated carbocycles. The molecule has 1 aliphatic heterocycles. The Balaban J connectivity index is 1.35. The van der Waals surface area contributed by atoms with Gasteiger partial charge >= 0.3 is 5.97 Å². The molecule has 0 radical (unpaired) electrons. The number of esters is 1. The van der Waals surface area contributed by atoms with E-state index in [2.05, 4.69) is 47.6 Å². The zero-order valence-corrected chi connectivity index (χ0v) is 28.2. The van der Waals surface area contributed by atoms with Crippen LogP contribution in [-0.4, -0.2) is 86.6 Å². The Bertz CT molecular complexity index is 1200. The number of carbonyl (C=O) groups is 1. The summed E-state index contributed by atoms with van der Waals surface area (Å²) in [5.74, 6) is 0.149. The quantitative estimate of drug-likeness (QED) is 0.201. The molecule has 9 heteroatoms. The van der Waals surface area contributed by atoms with E-state index in [1.54, 1.807) is 0 Å². The first-order valence-corrected chi connectivity index (χ1v) is 17.5. The topological polar surface area (TPSA) is 157 Å². The third kappa shape index (κ3) is 4.61. The van der Waals surface area contributed by atoms with Crippen LogP contribution in [0.25, 0.3) is 0 Å². The van der Waals surface area contributed by atoms with Gasteiger partial charge in [-0.2, -0.15) is 0 Å². The number of ether oxygens (including phenoxy) is 2. The maximum Gasteiger partial charge on any atom is 0.315 e. The predicted octanol–water partition coefficient (Wildman–Crippen LogP) is 3.46. The van der Waals surface area contributed by atoms with E-state index in [1.165, 1.54) is 5.57 Å². The van der Waals surface area contributed by atoms with Crippen LogP contribution in [0.4, 0.5) is 0 Å². The molecule has 6 aliphatic rings. The molecule has 1 heterocycles. The molecular formula is C36H58O9. The smallest absolute Gasteiger partial charge is 0.315 e. The van der Waals surface area contributed by atoms with Crippen molar-refractivity contribution in [2.24, 2.45) is 50.2 Å². The van der Waals surface area contributed by atoms with E-state index in [4.69, 9.17) is 9.47 Å². The van der Waals surface area contributed by atoms with Gasteiger partial charge in [0.25, 0.3) is 0 Å². The summed E-state index contributed by atoms with van der Waals surface area (Å²) in [6.45, 7) is 13.3. The highest BCUT2D eigenvalue weighted by molar-refractivity contribution is 5.79. The molecule has 9 nitrogen and oxygen atoms in total. The van der Waals surface area contributed by atoms with Crippen molar-refractivity contribution in [3.8, 4) is 0 Å². The van der Waals surface area contributed by atoms with E-state index in [0.717, 1.165) is 44.9 Å². The highest BCUT2D eigenvalue weighted by Gasteiger charge is 2.70. The van der Waals surface area contributed by atoms with Gasteiger partial charge in [0.2, 0.25) is 6.29 Å². The second kappa shape index (κ2) is 11.0. The molecule has 45 heavy (non-hydrogen) atoms. The summed E-state index contributed by atoms with van der Waals surface area (Å²) in [5.41, 5.74) is -0.0979. The molecule has 6 N–H and O–H groups in total. The van der Waals surface area contributed by atoms with Crippen LogP contribution in [-0.2, 0) is 14.3 Å². The van der Waals surface area contributed by atoms with Crippen LogP contribution < -0.4 is 0 Å². The molecule has 0 amide bonds. The molecule has 5 fully saturated rings. The lowest BCUT2D eigenvalue weighted by molar-refractivity contribution is -0.297. The zero-order valence-electron chi connectivity index (χ0n) is 28.2. The van der Waals surface area contributed by atoms with Crippen LogP contribution in [0.3, 0.4) is 0 Å². The van der Waals surface area contributed by atoms with E-state index >= 15 is 0 Å². The third-order valence-electron chi connectivity index (χ3n) is 15.2. The number of carbonyl (C=O) groups excluding carboxylic acids is 1. The summed E-state index contributed by atoms with van der Waals surface area (Å²) < 4.78 is 11.5. The summed E-state index contributed by atoms with van der Waals surface area (Å²) >= 11 is 0. The van der Waals surface area contributed by atoms with E-state index in [1.807, 2.05) is 0 Å². The van der Waals surface area contributed by atoms with Crippen molar-refractivity contribution in [3.63, 3.8) is 0 Å². The van der Waals surface area contributed by atoms with E-state index in [-0.39, 0.29) is 40.1 Å². The van der Waals surface area contributed by atoms with Crippen LogP contribution in [0.1, 0.15) is 106 Å². The first-order chi connectivity index (χ1) is 20.9. The second-order valence-electron chi connectivity index (χ2n) is 17.7. The molecule has 0 aromatic rings. The second-order valence-corrected chi connectivity index (χ2v) is 17.7. The Labute approximate surface area is 268 Å². The highest BCUT2D eigenvalue weighted by atomic mass is 16.7. The SMILES string of the molecule is CC1(C)CC[C@@]2(C(=O)O[C@H]3O[C@@H](CO)[C@H](O)[C@@H](O)[C@@H]3O)CC[C@@]3(C)C(=CC[C@H]4[C@]5(C)CC[C@@H](O)[C@](C)(CO)[C@H]5CC[C@@]43C)[C@H]2C1. The van der Waals surface area contributed by atoms with Gasteiger partial charge in [0.1, 0.15) is 24.4 Å². The van der Waals surface area contributed by atoms with Gasteiger partial charge < -0.3 is 40.1 Å². The van der Waals surface area contributed by atoms with Gasteiger partial charge in [0.15, 0.2) is 0 Å². The van der Waals surface area contributed by atoms with Gasteiger partial charge in [0, 0.05) is 5.41 Å². The van der Waals surface area contributed by atoms with Gasteiger partial charge in [-0.25, -0.2) is 0 Å². The summed E-state index contributed by atoms with van der Waals surface area (Å²) in [6.07, 6.45) is 2.92. The van der Waals surface area contributed by atoms with E-state index in [0.29, 0.717) is 25.2 Å². The number of hydrogen-bond donors (Lipinski definition) is 6. The fourth-order valence-corrected chi connectivity index (χ4v) is 12.0. The monoisotopic (exact) mass is 634 g/mol. The maximum absolute atomic E-state index is 14.4. The Kier molecular flexibility index (Phi) is 8.25. The molecule has 0 aromatic heterocycles. The predicted molar refractivity (Wildman–Crippen MR) is 166 cm³/mol. The van der Waals surface area contributed by atoms with Gasteiger partial charge in [0.05, 0.1) is 24.7 Å². The Morgan fingerprint density at radius 1 is 0.867 bits per heavy atom. The van der Waals surface area contributed by atoms with Crippen molar-refractivity contribution in [2.75, 3.05) is 13.2 Å². The van der Waals surface area contributed by atoms with Crippen molar-refractivity contribution in [3.05, 3.63) is 11.6 Å². The van der Waals surface area contributed by atoms with Crippen molar-refractivity contribution < 1.29 is 44.9 Å². The molecule has 0 spiro atoms. The Morgan fingerprint density at radius 2 is 1.56 bits per heavy atom. The van der Waals surface area contributed by atoms with Crippen LogP contribution >= 0.6 is 0 Å². The standard InChI is InChI=1S/C36H58O9/c1-31(2)13-15-36(30(43)45-29-28(42)27(41)26(40)22(18-37)44-29)16-14-34(5)20(21(36)17-31)7-8-24-32(3)11-10-25(39)33(4,19-38)23(32)9-12-35(24,34)6/h7,21-29,37-42H,8-19H2,1-6H3/t21-,22+,23+,24+,25-,26+,27-,28+,29-,32-,33-,34+,35+,36-/m1/s1. The summed E-state index contributed by atoms with van der Waals surface area (Å²) in [7, 11) is 0. The van der Waals surface area contributed by atoms with Crippen LogP contribution in [0, 0.1) is 50.2 Å². The van der Waals surface area contributed by atoms with Crippen molar-refractivity contribution in [1.29, 1.82) is 0 Å². The molecule has 0 unspecified atom stereocenters. The first-order valence-electron chi connectivity index (χ1n) is 17.5. The molecule has 256 valence electrons. The van der Waals surface area contributed by atoms with Gasteiger partial charge in [-0.1, -0.05) is 53.2 Å². The number of aliphatic hydroxyl groups is 6. The minimum atomic E-state index is -1.63. The van der Waals surface area contributed by atoms with Gasteiger partial charge in [-0.3, -0.25) is 4.79 Å². The van der Waals surface area contributed by atoms with Gasteiger partial charge in [-0.05, 0) is 104 Å². The number of aliphatic hydroxyl groups excluding tert-OH is 6. The lowest BCUT2D eigenvalue weighted by Gasteiger charge is -2.71. The fourth-order valence-electron chi connectivity index (χ4n) is 12.0. The Hall–Kier alpha value is -1.07. The third-order valence-corrected chi connectivity index (χ3v) is 15.2. The first kappa shape index (κ1) is 33.8. The number of fused-ring (bicyclic) bond motifs is 7. The molecule has 5 aliphatic carbocycles. The van der Waals surface area contributed by atoms with Crippen molar-refractivity contribution >= 4 is 5.97 Å². The van der Waals surface area contributed by atoms with Crippen LogP contribution in [0.15, 0.2) is 11.6 Å². The Morgan fingerprint density at radius 3 is 2.22 bits per heavy atom. The molecule has 0 aromatic carbocycles. The largest absolute Gasteiger partial charge is 0.432 e. The average molecular weight is 635 g/mol. The van der Waals surface area contributed by atoms with E-state index < -0.39 is 60.2 Å². The lowest BCUT2D eigenvalue weighted by Crippen LogP contribution is -2.66. The molecule has 6 rings (SSSR count). The van der Waals surface area contributed by atoms with Crippen molar-refractivity contribution in [1.82, 2.24) is 0 Å². The maximum atomic E-state index is 14.4. The molecule has 1 saturated heterocycles. The number of rotatable bonds is 4. The van der Waals surface area contributed by atoms with E-state index in [9.17, 15) is 35.4 Å². The molecule has 14 atom stereocenters. The van der Waals surface area contributed by atoms with Crippen molar-refractivity contribution in [2.45, 2.75) is 143 Å². The highest BCUT2D eigenvalue weighted by Crippen LogP contribution is 2.75. The fraction of sp³-hybridized carbons (Fsp3) is 0.917. The van der Waals surface area contributed by atoms with Crippen LogP contribution in [0.5, 0.6) is 0 Å². The summed E-state index contributed by atoms with van der Waals surface area (Å²) in [4.78, 5) is 14.4. The number of allylic oxidation sites excluding steroid dienone is 2. The molecule has 0 bridgehead atoms. The summed E-state index contributed by atoms with van der Waals surface area (Å²) in [6, 6.07) is 0. The van der Waals surface area contributed by atoms with Gasteiger partial charge in [-0.15, -0.1) is 0 Å².